The van der Waals surface area contributed by atoms with Crippen LogP contribution < -0.4 is 5.32 Å². The minimum Gasteiger partial charge on any atom is -0.379 e. The summed E-state index contributed by atoms with van der Waals surface area (Å²) in [5.74, 6) is 0. The highest BCUT2D eigenvalue weighted by Gasteiger charge is 1.96. The second-order valence-corrected chi connectivity index (χ2v) is 4.57. The SMILES string of the molecule is Cc1ccc(NC(C)C=Cc2ccccc2)cc1. The van der Waals surface area contributed by atoms with Crippen LogP contribution in [0, 0.1) is 6.92 Å². The first-order valence-electron chi connectivity index (χ1n) is 6.30. The molecular formula is C17H19N. The molecule has 0 amide bonds. The van der Waals surface area contributed by atoms with Gasteiger partial charge in [-0.25, -0.2) is 0 Å². The van der Waals surface area contributed by atoms with Gasteiger partial charge >= 0.3 is 0 Å². The molecule has 0 saturated carbocycles. The summed E-state index contributed by atoms with van der Waals surface area (Å²) in [5, 5.41) is 3.45. The van der Waals surface area contributed by atoms with Gasteiger partial charge in [-0.05, 0) is 31.5 Å². The lowest BCUT2D eigenvalue weighted by Gasteiger charge is -2.11. The summed E-state index contributed by atoms with van der Waals surface area (Å²) in [5.41, 5.74) is 3.67. The Balaban J connectivity index is 1.94. The Hall–Kier alpha value is -2.02. The van der Waals surface area contributed by atoms with Crippen molar-refractivity contribution < 1.29 is 0 Å². The number of hydrogen-bond acceptors (Lipinski definition) is 1. The molecule has 0 spiro atoms. The van der Waals surface area contributed by atoms with Crippen molar-refractivity contribution in [2.75, 3.05) is 5.32 Å². The first kappa shape index (κ1) is 12.4. The summed E-state index contributed by atoms with van der Waals surface area (Å²) in [6.45, 7) is 4.25. The molecule has 0 aliphatic carbocycles. The third-order valence-corrected chi connectivity index (χ3v) is 2.82. The second-order valence-electron chi connectivity index (χ2n) is 4.57. The van der Waals surface area contributed by atoms with Gasteiger partial charge in [-0.15, -0.1) is 0 Å². The first-order chi connectivity index (χ1) is 8.74. The van der Waals surface area contributed by atoms with Gasteiger partial charge in [0.2, 0.25) is 0 Å². The molecule has 2 aromatic carbocycles. The van der Waals surface area contributed by atoms with E-state index in [1.54, 1.807) is 0 Å². The van der Waals surface area contributed by atoms with Crippen molar-refractivity contribution in [1.29, 1.82) is 0 Å². The summed E-state index contributed by atoms with van der Waals surface area (Å²) in [4.78, 5) is 0. The highest BCUT2D eigenvalue weighted by Crippen LogP contribution is 2.11. The number of benzene rings is 2. The van der Waals surface area contributed by atoms with Crippen molar-refractivity contribution in [3.63, 3.8) is 0 Å². The van der Waals surface area contributed by atoms with Crippen LogP contribution in [0.4, 0.5) is 5.69 Å². The van der Waals surface area contributed by atoms with E-state index in [-0.39, 0.29) is 0 Å². The normalized spacial score (nSPS) is 12.6. The van der Waals surface area contributed by atoms with E-state index in [1.807, 2.05) is 6.07 Å². The lowest BCUT2D eigenvalue weighted by atomic mass is 10.1. The zero-order valence-corrected chi connectivity index (χ0v) is 10.9. The minimum absolute atomic E-state index is 0.313. The van der Waals surface area contributed by atoms with Crippen LogP contribution in [0.1, 0.15) is 18.1 Å². The van der Waals surface area contributed by atoms with E-state index in [9.17, 15) is 0 Å². The number of nitrogens with one attached hydrogen (secondary N) is 1. The summed E-state index contributed by atoms with van der Waals surface area (Å²) in [6.07, 6.45) is 4.32. The molecule has 2 aromatic rings. The smallest absolute Gasteiger partial charge is 0.0419 e. The maximum Gasteiger partial charge on any atom is 0.0419 e. The zero-order chi connectivity index (χ0) is 12.8. The van der Waals surface area contributed by atoms with Crippen LogP contribution in [-0.4, -0.2) is 6.04 Å². The highest BCUT2D eigenvalue weighted by atomic mass is 14.9. The van der Waals surface area contributed by atoms with Gasteiger partial charge in [0.15, 0.2) is 0 Å². The molecule has 1 heteroatoms. The van der Waals surface area contributed by atoms with Crippen LogP contribution in [0.25, 0.3) is 6.08 Å². The quantitative estimate of drug-likeness (QED) is 0.825. The topological polar surface area (TPSA) is 12.0 Å². The van der Waals surface area contributed by atoms with Crippen LogP contribution in [-0.2, 0) is 0 Å². The molecule has 1 N–H and O–H groups in total. The molecule has 0 aliphatic rings. The van der Waals surface area contributed by atoms with Crippen molar-refractivity contribution in [3.8, 4) is 0 Å². The van der Waals surface area contributed by atoms with Crippen LogP contribution in [0.3, 0.4) is 0 Å². The first-order valence-corrected chi connectivity index (χ1v) is 6.30. The van der Waals surface area contributed by atoms with Crippen molar-refractivity contribution in [1.82, 2.24) is 0 Å². The van der Waals surface area contributed by atoms with Crippen LogP contribution in [0.2, 0.25) is 0 Å². The van der Waals surface area contributed by atoms with Gasteiger partial charge in [-0.3, -0.25) is 0 Å². The van der Waals surface area contributed by atoms with Gasteiger partial charge in [0, 0.05) is 11.7 Å². The predicted octanol–water partition coefficient (Wildman–Crippen LogP) is 4.51. The van der Waals surface area contributed by atoms with Crippen LogP contribution in [0.15, 0.2) is 60.7 Å². The number of anilines is 1. The Morgan fingerprint density at radius 1 is 0.944 bits per heavy atom. The monoisotopic (exact) mass is 237 g/mol. The van der Waals surface area contributed by atoms with Crippen LogP contribution in [0.5, 0.6) is 0 Å². The Morgan fingerprint density at radius 2 is 1.61 bits per heavy atom. The number of rotatable bonds is 4. The number of aryl methyl sites for hydroxylation is 1. The minimum atomic E-state index is 0.313. The molecule has 0 aromatic heterocycles. The second kappa shape index (κ2) is 6.06. The van der Waals surface area contributed by atoms with Gasteiger partial charge in [-0.2, -0.15) is 0 Å². The summed E-state index contributed by atoms with van der Waals surface area (Å²) in [6, 6.07) is 19.1. The van der Waals surface area contributed by atoms with Crippen molar-refractivity contribution in [3.05, 3.63) is 71.8 Å². The van der Waals surface area contributed by atoms with Crippen molar-refractivity contribution in [2.45, 2.75) is 19.9 Å². The van der Waals surface area contributed by atoms with Crippen molar-refractivity contribution >= 4 is 11.8 Å². The fraction of sp³-hybridized carbons (Fsp3) is 0.176. The zero-order valence-electron chi connectivity index (χ0n) is 10.9. The summed E-state index contributed by atoms with van der Waals surface area (Å²) >= 11 is 0. The van der Waals surface area contributed by atoms with Crippen LogP contribution >= 0.6 is 0 Å². The lowest BCUT2D eigenvalue weighted by molar-refractivity contribution is 1.00. The summed E-state index contributed by atoms with van der Waals surface area (Å²) in [7, 11) is 0. The molecule has 0 bridgehead atoms. The Morgan fingerprint density at radius 3 is 2.28 bits per heavy atom. The lowest BCUT2D eigenvalue weighted by Crippen LogP contribution is -2.11. The Labute approximate surface area is 109 Å². The molecule has 1 nitrogen and oxygen atoms in total. The van der Waals surface area contributed by atoms with E-state index in [0.717, 1.165) is 5.69 Å². The Bertz CT molecular complexity index is 497. The fourth-order valence-electron chi connectivity index (χ4n) is 1.78. The predicted molar refractivity (Wildman–Crippen MR) is 79.7 cm³/mol. The van der Waals surface area contributed by atoms with E-state index >= 15 is 0 Å². The van der Waals surface area contributed by atoms with Gasteiger partial charge < -0.3 is 5.32 Å². The molecule has 0 heterocycles. The number of hydrogen-bond donors (Lipinski definition) is 1. The van der Waals surface area contributed by atoms with E-state index in [0.29, 0.717) is 6.04 Å². The molecule has 1 unspecified atom stereocenters. The van der Waals surface area contributed by atoms with Gasteiger partial charge in [0.25, 0.3) is 0 Å². The average Bonchev–Trinajstić information content (AvgIpc) is 2.40. The Kier molecular flexibility index (Phi) is 4.19. The van der Waals surface area contributed by atoms with E-state index in [2.05, 4.69) is 79.8 Å². The van der Waals surface area contributed by atoms with Crippen molar-refractivity contribution in [2.24, 2.45) is 0 Å². The molecule has 0 saturated heterocycles. The molecular weight excluding hydrogens is 218 g/mol. The molecule has 92 valence electrons. The standard InChI is InChI=1S/C17H19N/c1-14-8-12-17(13-9-14)18-15(2)10-11-16-6-4-3-5-7-16/h3-13,15,18H,1-2H3. The fourth-order valence-corrected chi connectivity index (χ4v) is 1.78. The van der Waals surface area contributed by atoms with Gasteiger partial charge in [-0.1, -0.05) is 60.2 Å². The molecule has 0 aliphatic heterocycles. The van der Waals surface area contributed by atoms with E-state index in [1.165, 1.54) is 11.1 Å². The average molecular weight is 237 g/mol. The summed E-state index contributed by atoms with van der Waals surface area (Å²) < 4.78 is 0. The van der Waals surface area contributed by atoms with Gasteiger partial charge in [0.05, 0.1) is 0 Å². The molecule has 18 heavy (non-hydrogen) atoms. The van der Waals surface area contributed by atoms with E-state index < -0.39 is 0 Å². The maximum absolute atomic E-state index is 3.45. The largest absolute Gasteiger partial charge is 0.379 e. The van der Waals surface area contributed by atoms with Gasteiger partial charge in [0.1, 0.15) is 0 Å². The third kappa shape index (κ3) is 3.77. The highest BCUT2D eigenvalue weighted by molar-refractivity contribution is 5.52. The van der Waals surface area contributed by atoms with E-state index in [4.69, 9.17) is 0 Å². The molecule has 0 radical (unpaired) electrons. The third-order valence-electron chi connectivity index (χ3n) is 2.82. The molecule has 0 fully saturated rings. The molecule has 2 rings (SSSR count). The maximum atomic E-state index is 3.45. The molecule has 1 atom stereocenters.